The van der Waals surface area contributed by atoms with Crippen molar-refractivity contribution in [1.29, 1.82) is 0 Å². The van der Waals surface area contributed by atoms with Gasteiger partial charge in [0.2, 0.25) is 0 Å². The van der Waals surface area contributed by atoms with Crippen molar-refractivity contribution in [2.24, 2.45) is 0 Å². The quantitative estimate of drug-likeness (QED) is 0.878. The normalized spacial score (nSPS) is 10.2. The molecule has 0 aliphatic heterocycles. The Kier molecular flexibility index (Phi) is 4.82. The maximum absolute atomic E-state index is 12.1. The van der Waals surface area contributed by atoms with Crippen LogP contribution in [0.4, 0.5) is 0 Å². The van der Waals surface area contributed by atoms with Crippen LogP contribution in [0.2, 0.25) is 5.02 Å². The number of amides is 1. The van der Waals surface area contributed by atoms with Gasteiger partial charge in [0.25, 0.3) is 5.91 Å². The van der Waals surface area contributed by atoms with Gasteiger partial charge in [0, 0.05) is 23.8 Å². The summed E-state index contributed by atoms with van der Waals surface area (Å²) in [5.74, 6) is -0.169. The molecule has 0 spiro atoms. The summed E-state index contributed by atoms with van der Waals surface area (Å²) in [6, 6.07) is 9.16. The second kappa shape index (κ2) is 6.59. The van der Waals surface area contributed by atoms with E-state index in [2.05, 4.69) is 10.3 Å². The molecular weight excluding hydrogens is 280 g/mol. The standard InChI is InChI=1S/C14H13ClN2OS/c1-19-11-2-3-13(15)12(8-11)14(18)17-9-10-4-6-16-7-5-10/h2-8H,9H2,1H3,(H,17,18). The molecule has 3 nitrogen and oxygen atoms in total. The third-order valence-corrected chi connectivity index (χ3v) is 3.68. The largest absolute Gasteiger partial charge is 0.348 e. The van der Waals surface area contributed by atoms with Crippen molar-refractivity contribution in [2.45, 2.75) is 11.4 Å². The molecule has 0 atom stereocenters. The summed E-state index contributed by atoms with van der Waals surface area (Å²) in [6.07, 6.45) is 5.35. The lowest BCUT2D eigenvalue weighted by Crippen LogP contribution is -2.23. The zero-order valence-corrected chi connectivity index (χ0v) is 12.0. The van der Waals surface area contributed by atoms with Crippen LogP contribution in [-0.4, -0.2) is 17.1 Å². The predicted molar refractivity (Wildman–Crippen MR) is 78.6 cm³/mol. The number of carbonyl (C=O) groups is 1. The van der Waals surface area contributed by atoms with Gasteiger partial charge in [-0.25, -0.2) is 0 Å². The van der Waals surface area contributed by atoms with E-state index in [1.165, 1.54) is 0 Å². The number of benzene rings is 1. The maximum atomic E-state index is 12.1. The zero-order chi connectivity index (χ0) is 13.7. The van der Waals surface area contributed by atoms with E-state index in [0.717, 1.165) is 10.5 Å². The smallest absolute Gasteiger partial charge is 0.253 e. The van der Waals surface area contributed by atoms with Crippen molar-refractivity contribution in [1.82, 2.24) is 10.3 Å². The summed E-state index contributed by atoms with van der Waals surface area (Å²) in [5, 5.41) is 3.31. The number of nitrogens with one attached hydrogen (secondary N) is 1. The summed E-state index contributed by atoms with van der Waals surface area (Å²) in [7, 11) is 0. The minimum absolute atomic E-state index is 0.169. The van der Waals surface area contributed by atoms with E-state index in [1.807, 2.05) is 24.5 Å². The van der Waals surface area contributed by atoms with E-state index < -0.39 is 0 Å². The molecule has 0 unspecified atom stereocenters. The van der Waals surface area contributed by atoms with Crippen LogP contribution in [0.1, 0.15) is 15.9 Å². The Hall–Kier alpha value is -1.52. The number of aromatic nitrogens is 1. The Balaban J connectivity index is 2.08. The second-order valence-electron chi connectivity index (χ2n) is 3.88. The Bertz CT molecular complexity index is 575. The van der Waals surface area contributed by atoms with Crippen molar-refractivity contribution in [3.8, 4) is 0 Å². The molecule has 1 heterocycles. The lowest BCUT2D eigenvalue weighted by molar-refractivity contribution is 0.0951. The first-order chi connectivity index (χ1) is 9.20. The van der Waals surface area contributed by atoms with E-state index in [-0.39, 0.29) is 5.91 Å². The average molecular weight is 293 g/mol. The fourth-order valence-electron chi connectivity index (χ4n) is 1.58. The molecular formula is C14H13ClN2OS. The Morgan fingerprint density at radius 2 is 2.05 bits per heavy atom. The van der Waals surface area contributed by atoms with Gasteiger partial charge in [-0.3, -0.25) is 9.78 Å². The van der Waals surface area contributed by atoms with Crippen molar-refractivity contribution in [3.05, 3.63) is 58.9 Å². The number of halogens is 1. The van der Waals surface area contributed by atoms with Gasteiger partial charge < -0.3 is 5.32 Å². The lowest BCUT2D eigenvalue weighted by Gasteiger charge is -2.08. The van der Waals surface area contributed by atoms with Crippen molar-refractivity contribution >= 4 is 29.3 Å². The van der Waals surface area contributed by atoms with Crippen LogP contribution in [0.15, 0.2) is 47.6 Å². The van der Waals surface area contributed by atoms with Crippen molar-refractivity contribution < 1.29 is 4.79 Å². The van der Waals surface area contributed by atoms with Gasteiger partial charge in [-0.05, 0) is 42.2 Å². The van der Waals surface area contributed by atoms with Crippen LogP contribution < -0.4 is 5.32 Å². The molecule has 0 aliphatic carbocycles. The molecule has 1 N–H and O–H groups in total. The van der Waals surface area contributed by atoms with Crippen molar-refractivity contribution in [3.63, 3.8) is 0 Å². The highest BCUT2D eigenvalue weighted by molar-refractivity contribution is 7.98. The van der Waals surface area contributed by atoms with E-state index in [0.29, 0.717) is 17.1 Å². The topological polar surface area (TPSA) is 42.0 Å². The minimum atomic E-state index is -0.169. The lowest BCUT2D eigenvalue weighted by atomic mass is 10.2. The molecule has 1 aromatic heterocycles. The second-order valence-corrected chi connectivity index (χ2v) is 5.17. The predicted octanol–water partition coefficient (Wildman–Crippen LogP) is 3.39. The van der Waals surface area contributed by atoms with E-state index in [4.69, 9.17) is 11.6 Å². The molecule has 98 valence electrons. The molecule has 0 radical (unpaired) electrons. The van der Waals surface area contributed by atoms with Gasteiger partial charge in [-0.2, -0.15) is 0 Å². The first-order valence-electron chi connectivity index (χ1n) is 5.71. The third-order valence-electron chi connectivity index (χ3n) is 2.62. The molecule has 1 aromatic carbocycles. The number of thioether (sulfide) groups is 1. The van der Waals surface area contributed by atoms with E-state index in [9.17, 15) is 4.79 Å². The fraction of sp³-hybridized carbons (Fsp3) is 0.143. The van der Waals surface area contributed by atoms with Crippen LogP contribution >= 0.6 is 23.4 Å². The van der Waals surface area contributed by atoms with Crippen LogP contribution in [0, 0.1) is 0 Å². The van der Waals surface area contributed by atoms with Gasteiger partial charge in [-0.15, -0.1) is 11.8 Å². The van der Waals surface area contributed by atoms with Gasteiger partial charge in [-0.1, -0.05) is 11.6 Å². The number of nitrogens with zero attached hydrogens (tertiary/aromatic N) is 1. The number of rotatable bonds is 4. The van der Waals surface area contributed by atoms with Crippen LogP contribution in [0.3, 0.4) is 0 Å². The SMILES string of the molecule is CSc1ccc(Cl)c(C(=O)NCc2ccncc2)c1. The van der Waals surface area contributed by atoms with Crippen LogP contribution in [-0.2, 0) is 6.54 Å². The molecule has 5 heteroatoms. The minimum Gasteiger partial charge on any atom is -0.348 e. The highest BCUT2D eigenvalue weighted by Gasteiger charge is 2.10. The maximum Gasteiger partial charge on any atom is 0.253 e. The first-order valence-corrected chi connectivity index (χ1v) is 7.31. The molecule has 0 saturated heterocycles. The summed E-state index contributed by atoms with van der Waals surface area (Å²) < 4.78 is 0. The molecule has 0 bridgehead atoms. The Labute approximate surface area is 121 Å². The first kappa shape index (κ1) is 13.9. The summed E-state index contributed by atoms with van der Waals surface area (Å²) in [4.78, 5) is 17.0. The number of pyridine rings is 1. The highest BCUT2D eigenvalue weighted by Crippen LogP contribution is 2.22. The molecule has 0 fully saturated rings. The monoisotopic (exact) mass is 292 g/mol. The average Bonchev–Trinajstić information content (AvgIpc) is 2.46. The zero-order valence-electron chi connectivity index (χ0n) is 10.4. The molecule has 2 aromatic rings. The molecule has 0 aliphatic rings. The number of hydrogen-bond donors (Lipinski definition) is 1. The fourth-order valence-corrected chi connectivity index (χ4v) is 2.23. The van der Waals surface area contributed by atoms with Crippen molar-refractivity contribution in [2.75, 3.05) is 6.26 Å². The Morgan fingerprint density at radius 3 is 2.74 bits per heavy atom. The highest BCUT2D eigenvalue weighted by atomic mass is 35.5. The molecule has 1 amide bonds. The molecule has 0 saturated carbocycles. The van der Waals surface area contributed by atoms with E-state index >= 15 is 0 Å². The molecule has 2 rings (SSSR count). The summed E-state index contributed by atoms with van der Waals surface area (Å²) >= 11 is 7.63. The Morgan fingerprint density at radius 1 is 1.32 bits per heavy atom. The van der Waals surface area contributed by atoms with Gasteiger partial charge in [0.1, 0.15) is 0 Å². The van der Waals surface area contributed by atoms with Gasteiger partial charge in [0.05, 0.1) is 10.6 Å². The summed E-state index contributed by atoms with van der Waals surface area (Å²) in [5.41, 5.74) is 1.50. The van der Waals surface area contributed by atoms with Gasteiger partial charge >= 0.3 is 0 Å². The third kappa shape index (κ3) is 3.72. The van der Waals surface area contributed by atoms with Crippen LogP contribution in [0.25, 0.3) is 0 Å². The van der Waals surface area contributed by atoms with Gasteiger partial charge in [0.15, 0.2) is 0 Å². The number of carbonyl (C=O) groups excluding carboxylic acids is 1. The number of hydrogen-bond acceptors (Lipinski definition) is 3. The van der Waals surface area contributed by atoms with E-state index in [1.54, 1.807) is 36.3 Å². The van der Waals surface area contributed by atoms with Crippen LogP contribution in [0.5, 0.6) is 0 Å². The molecule has 19 heavy (non-hydrogen) atoms. The summed E-state index contributed by atoms with van der Waals surface area (Å²) in [6.45, 7) is 0.460.